The Hall–Kier alpha value is -0.170. The van der Waals surface area contributed by atoms with Crippen molar-refractivity contribution in [3.8, 4) is 0 Å². The zero-order chi connectivity index (χ0) is 4.99. The molecule has 0 aliphatic carbocycles. The van der Waals surface area contributed by atoms with Gasteiger partial charge in [-0.2, -0.15) is 0 Å². The van der Waals surface area contributed by atoms with Crippen molar-refractivity contribution in [3.05, 3.63) is 11.8 Å². The third kappa shape index (κ3) is 5.83. The van der Waals surface area contributed by atoms with Crippen molar-refractivity contribution in [2.45, 2.75) is 20.3 Å². The number of allylic oxidation sites excluding steroid dienone is 2. The largest absolute Gasteiger partial charge is 0.402 e. The van der Waals surface area contributed by atoms with Gasteiger partial charge in [-0.05, 0) is 13.3 Å². The van der Waals surface area contributed by atoms with Gasteiger partial charge in [-0.25, -0.2) is 0 Å². The third-order valence-corrected chi connectivity index (χ3v) is 0.779. The van der Waals surface area contributed by atoms with Crippen LogP contribution in [0.1, 0.15) is 20.3 Å². The van der Waals surface area contributed by atoms with Gasteiger partial charge in [-0.3, -0.25) is 0 Å². The summed E-state index contributed by atoms with van der Waals surface area (Å²) in [5, 5.41) is 0. The number of rotatable bonds is 1. The molecular formula is C5H12ClN. The maximum absolute atomic E-state index is 5.33. The summed E-state index contributed by atoms with van der Waals surface area (Å²) in [6.45, 7) is 3.98. The van der Waals surface area contributed by atoms with E-state index in [2.05, 4.69) is 0 Å². The predicted octanol–water partition coefficient (Wildman–Crippen LogP) is 1.68. The molecule has 0 rings (SSSR count). The van der Waals surface area contributed by atoms with Gasteiger partial charge in [0.2, 0.25) is 0 Å². The second-order valence-corrected chi connectivity index (χ2v) is 1.22. The van der Waals surface area contributed by atoms with Gasteiger partial charge in [0.1, 0.15) is 0 Å². The van der Waals surface area contributed by atoms with E-state index < -0.39 is 0 Å². The highest BCUT2D eigenvalue weighted by Gasteiger charge is 1.73. The van der Waals surface area contributed by atoms with E-state index in [4.69, 9.17) is 5.73 Å². The van der Waals surface area contributed by atoms with Crippen LogP contribution in [-0.2, 0) is 0 Å². The Kier molecular flexibility index (Phi) is 8.29. The molecule has 0 radical (unpaired) electrons. The molecule has 0 atom stereocenters. The van der Waals surface area contributed by atoms with Gasteiger partial charge >= 0.3 is 0 Å². The summed E-state index contributed by atoms with van der Waals surface area (Å²) >= 11 is 0. The van der Waals surface area contributed by atoms with E-state index in [1.54, 1.807) is 0 Å². The Morgan fingerprint density at radius 1 is 1.71 bits per heavy atom. The van der Waals surface area contributed by atoms with E-state index in [1.807, 2.05) is 19.9 Å². The summed E-state index contributed by atoms with van der Waals surface area (Å²) in [6, 6.07) is 0. The number of nitrogens with two attached hydrogens (primary N) is 1. The van der Waals surface area contributed by atoms with Crippen LogP contribution in [-0.4, -0.2) is 0 Å². The van der Waals surface area contributed by atoms with Crippen LogP contribution in [0.5, 0.6) is 0 Å². The lowest BCUT2D eigenvalue weighted by Gasteiger charge is -1.86. The molecule has 0 aromatic rings. The molecular weight excluding hydrogens is 110 g/mol. The quantitative estimate of drug-likeness (QED) is 0.561. The molecule has 0 heterocycles. The fraction of sp³-hybridized carbons (Fsp3) is 0.600. The second kappa shape index (κ2) is 5.83. The standard InChI is InChI=1S/C5H11N.ClH/c1-3-5(6)4-2;/h3H,4,6H2,1-2H3;1H/b5-3-;. The summed E-state index contributed by atoms with van der Waals surface area (Å²) in [7, 11) is 0. The highest BCUT2D eigenvalue weighted by molar-refractivity contribution is 5.85. The summed E-state index contributed by atoms with van der Waals surface area (Å²) in [6.07, 6.45) is 2.89. The molecule has 0 amide bonds. The fourth-order valence-corrected chi connectivity index (χ4v) is 0.204. The maximum atomic E-state index is 5.33. The molecule has 0 aromatic heterocycles. The smallest absolute Gasteiger partial charge is 0.00343 e. The second-order valence-electron chi connectivity index (χ2n) is 1.22. The Bertz CT molecular complexity index is 59.1. The topological polar surface area (TPSA) is 26.0 Å². The van der Waals surface area contributed by atoms with E-state index in [0.29, 0.717) is 0 Å². The van der Waals surface area contributed by atoms with Gasteiger partial charge in [-0.15, -0.1) is 12.4 Å². The first-order chi connectivity index (χ1) is 2.81. The Morgan fingerprint density at radius 2 is 2.14 bits per heavy atom. The Balaban J connectivity index is 0. The first-order valence-electron chi connectivity index (χ1n) is 2.22. The number of hydrogen-bond acceptors (Lipinski definition) is 1. The minimum Gasteiger partial charge on any atom is -0.402 e. The maximum Gasteiger partial charge on any atom is 0.00343 e. The van der Waals surface area contributed by atoms with E-state index in [-0.39, 0.29) is 12.4 Å². The highest BCUT2D eigenvalue weighted by atomic mass is 35.5. The monoisotopic (exact) mass is 121 g/mol. The summed E-state index contributed by atoms with van der Waals surface area (Å²) in [5.41, 5.74) is 6.30. The van der Waals surface area contributed by atoms with Crippen LogP contribution in [0.4, 0.5) is 0 Å². The van der Waals surface area contributed by atoms with Gasteiger partial charge in [-0.1, -0.05) is 13.0 Å². The number of halogens is 1. The minimum atomic E-state index is 0. The lowest BCUT2D eigenvalue weighted by atomic mass is 10.3. The van der Waals surface area contributed by atoms with E-state index in [9.17, 15) is 0 Å². The minimum absolute atomic E-state index is 0. The van der Waals surface area contributed by atoms with E-state index in [1.165, 1.54) is 0 Å². The molecule has 2 N–H and O–H groups in total. The average molecular weight is 122 g/mol. The zero-order valence-electron chi connectivity index (χ0n) is 4.77. The molecule has 2 heteroatoms. The molecule has 0 unspecified atom stereocenters. The normalized spacial score (nSPS) is 10.3. The SMILES string of the molecule is C/C=C(\N)CC.Cl. The van der Waals surface area contributed by atoms with Gasteiger partial charge < -0.3 is 5.73 Å². The Labute approximate surface area is 51.0 Å². The first kappa shape index (κ1) is 9.95. The summed E-state index contributed by atoms with van der Waals surface area (Å²) < 4.78 is 0. The number of hydrogen-bond donors (Lipinski definition) is 1. The third-order valence-electron chi connectivity index (χ3n) is 0.779. The van der Waals surface area contributed by atoms with Crippen LogP contribution in [0.25, 0.3) is 0 Å². The highest BCUT2D eigenvalue weighted by Crippen LogP contribution is 1.85. The van der Waals surface area contributed by atoms with Crippen LogP contribution in [0.2, 0.25) is 0 Å². The Morgan fingerprint density at radius 3 is 2.14 bits per heavy atom. The first-order valence-corrected chi connectivity index (χ1v) is 2.22. The molecule has 0 saturated heterocycles. The molecule has 0 aliphatic heterocycles. The van der Waals surface area contributed by atoms with Crippen molar-refractivity contribution in [2.24, 2.45) is 5.73 Å². The van der Waals surface area contributed by atoms with Gasteiger partial charge in [0, 0.05) is 5.70 Å². The summed E-state index contributed by atoms with van der Waals surface area (Å²) in [4.78, 5) is 0. The van der Waals surface area contributed by atoms with Gasteiger partial charge in [0.25, 0.3) is 0 Å². The molecule has 0 spiro atoms. The fourth-order valence-electron chi connectivity index (χ4n) is 0.204. The van der Waals surface area contributed by atoms with Crippen LogP contribution in [0.3, 0.4) is 0 Å². The van der Waals surface area contributed by atoms with Crippen LogP contribution >= 0.6 is 12.4 Å². The van der Waals surface area contributed by atoms with Crippen LogP contribution < -0.4 is 5.73 Å². The van der Waals surface area contributed by atoms with Crippen molar-refractivity contribution >= 4 is 12.4 Å². The van der Waals surface area contributed by atoms with Gasteiger partial charge in [0.15, 0.2) is 0 Å². The van der Waals surface area contributed by atoms with E-state index >= 15 is 0 Å². The molecule has 7 heavy (non-hydrogen) atoms. The van der Waals surface area contributed by atoms with Gasteiger partial charge in [0.05, 0.1) is 0 Å². The molecule has 0 aromatic carbocycles. The van der Waals surface area contributed by atoms with Crippen molar-refractivity contribution in [1.29, 1.82) is 0 Å². The van der Waals surface area contributed by atoms with Crippen LogP contribution in [0, 0.1) is 0 Å². The van der Waals surface area contributed by atoms with E-state index in [0.717, 1.165) is 12.1 Å². The van der Waals surface area contributed by atoms with Crippen molar-refractivity contribution in [3.63, 3.8) is 0 Å². The predicted molar refractivity (Wildman–Crippen MR) is 35.5 cm³/mol. The van der Waals surface area contributed by atoms with Crippen molar-refractivity contribution < 1.29 is 0 Å². The zero-order valence-corrected chi connectivity index (χ0v) is 5.59. The lowest BCUT2D eigenvalue weighted by molar-refractivity contribution is 1.06. The molecule has 0 saturated carbocycles. The van der Waals surface area contributed by atoms with Crippen molar-refractivity contribution in [2.75, 3.05) is 0 Å². The van der Waals surface area contributed by atoms with Crippen molar-refractivity contribution in [1.82, 2.24) is 0 Å². The summed E-state index contributed by atoms with van der Waals surface area (Å²) in [5.74, 6) is 0. The average Bonchev–Trinajstić information content (AvgIpc) is 1.65. The molecule has 0 bridgehead atoms. The van der Waals surface area contributed by atoms with Crippen LogP contribution in [0.15, 0.2) is 11.8 Å². The molecule has 0 aliphatic rings. The molecule has 0 fully saturated rings. The molecule has 1 nitrogen and oxygen atoms in total. The lowest BCUT2D eigenvalue weighted by Crippen LogP contribution is -1.91. The molecule has 44 valence electrons.